The maximum Gasteiger partial charge on any atom is 0.220 e. The molecular formula is C23H39N5O. The van der Waals surface area contributed by atoms with E-state index >= 15 is 0 Å². The number of amides is 1. The number of carbonyl (C=O) groups excluding carboxylic acids is 1. The van der Waals surface area contributed by atoms with E-state index in [4.69, 9.17) is 4.99 Å². The SMILES string of the molecule is CCNC(=NCc1ccccc1CN(C)C(C)C)N1CCC(CC(=O)NC)CC1. The number of likely N-dealkylation sites (tertiary alicyclic amines) is 1. The van der Waals surface area contributed by atoms with Crippen molar-refractivity contribution in [2.75, 3.05) is 33.7 Å². The number of rotatable bonds is 8. The van der Waals surface area contributed by atoms with Gasteiger partial charge in [-0.1, -0.05) is 24.3 Å². The van der Waals surface area contributed by atoms with Gasteiger partial charge in [-0.05, 0) is 57.7 Å². The van der Waals surface area contributed by atoms with E-state index in [1.807, 2.05) is 0 Å². The van der Waals surface area contributed by atoms with Crippen molar-refractivity contribution < 1.29 is 4.79 Å². The average molecular weight is 402 g/mol. The van der Waals surface area contributed by atoms with Crippen LogP contribution in [0, 0.1) is 5.92 Å². The summed E-state index contributed by atoms with van der Waals surface area (Å²) in [5.74, 6) is 1.60. The van der Waals surface area contributed by atoms with Gasteiger partial charge in [-0.2, -0.15) is 0 Å². The second-order valence-electron chi connectivity index (χ2n) is 8.26. The summed E-state index contributed by atoms with van der Waals surface area (Å²) in [7, 11) is 3.88. The summed E-state index contributed by atoms with van der Waals surface area (Å²) in [5, 5.41) is 6.19. The molecule has 0 saturated carbocycles. The van der Waals surface area contributed by atoms with Crippen LogP contribution in [0.25, 0.3) is 0 Å². The molecule has 1 aromatic rings. The van der Waals surface area contributed by atoms with Crippen molar-refractivity contribution in [3.8, 4) is 0 Å². The molecule has 6 heteroatoms. The average Bonchev–Trinajstić information content (AvgIpc) is 2.72. The third-order valence-electron chi connectivity index (χ3n) is 5.82. The van der Waals surface area contributed by atoms with Gasteiger partial charge in [-0.15, -0.1) is 0 Å². The molecule has 1 saturated heterocycles. The summed E-state index contributed by atoms with van der Waals surface area (Å²) in [5.41, 5.74) is 2.62. The molecule has 29 heavy (non-hydrogen) atoms. The van der Waals surface area contributed by atoms with Gasteiger partial charge in [0.05, 0.1) is 6.54 Å². The fourth-order valence-electron chi connectivity index (χ4n) is 3.62. The van der Waals surface area contributed by atoms with E-state index in [0.29, 0.717) is 24.9 Å². The van der Waals surface area contributed by atoms with Crippen LogP contribution < -0.4 is 10.6 Å². The quantitative estimate of drug-likeness (QED) is 0.519. The summed E-state index contributed by atoms with van der Waals surface area (Å²) in [6.45, 7) is 10.9. The van der Waals surface area contributed by atoms with Crippen LogP contribution in [0.15, 0.2) is 29.3 Å². The van der Waals surface area contributed by atoms with Crippen molar-refractivity contribution in [2.24, 2.45) is 10.9 Å². The molecule has 0 aromatic heterocycles. The monoisotopic (exact) mass is 401 g/mol. The predicted molar refractivity (Wildman–Crippen MR) is 121 cm³/mol. The molecule has 1 amide bonds. The zero-order valence-corrected chi connectivity index (χ0v) is 18.9. The van der Waals surface area contributed by atoms with Crippen molar-refractivity contribution in [1.82, 2.24) is 20.4 Å². The number of hydrogen-bond acceptors (Lipinski definition) is 3. The normalized spacial score (nSPS) is 15.8. The molecule has 0 spiro atoms. The van der Waals surface area contributed by atoms with Gasteiger partial charge in [0.2, 0.25) is 5.91 Å². The molecule has 0 radical (unpaired) electrons. The summed E-state index contributed by atoms with van der Waals surface area (Å²) in [6, 6.07) is 9.12. The molecule has 0 aliphatic carbocycles. The number of benzene rings is 1. The van der Waals surface area contributed by atoms with E-state index in [9.17, 15) is 4.79 Å². The van der Waals surface area contributed by atoms with Crippen molar-refractivity contribution in [3.05, 3.63) is 35.4 Å². The van der Waals surface area contributed by atoms with Crippen molar-refractivity contribution in [3.63, 3.8) is 0 Å². The van der Waals surface area contributed by atoms with Crippen LogP contribution in [0.4, 0.5) is 0 Å². The molecule has 1 aromatic carbocycles. The maximum atomic E-state index is 11.6. The third kappa shape index (κ3) is 7.35. The molecule has 1 heterocycles. The molecule has 0 atom stereocenters. The molecule has 1 aliphatic heterocycles. The molecule has 0 bridgehead atoms. The lowest BCUT2D eigenvalue weighted by Gasteiger charge is -2.34. The van der Waals surface area contributed by atoms with E-state index in [-0.39, 0.29) is 5.91 Å². The fourth-order valence-corrected chi connectivity index (χ4v) is 3.62. The van der Waals surface area contributed by atoms with Crippen LogP contribution in [-0.4, -0.2) is 61.4 Å². The predicted octanol–water partition coefficient (Wildman–Crippen LogP) is 2.84. The maximum absolute atomic E-state index is 11.6. The molecule has 6 nitrogen and oxygen atoms in total. The highest BCUT2D eigenvalue weighted by atomic mass is 16.1. The van der Waals surface area contributed by atoms with Crippen LogP contribution in [0.2, 0.25) is 0 Å². The van der Waals surface area contributed by atoms with Crippen LogP contribution >= 0.6 is 0 Å². The Labute approximate surface area is 176 Å². The Balaban J connectivity index is 2.02. The Morgan fingerprint density at radius 2 is 1.90 bits per heavy atom. The van der Waals surface area contributed by atoms with E-state index < -0.39 is 0 Å². The highest BCUT2D eigenvalue weighted by Crippen LogP contribution is 2.21. The molecule has 2 N–H and O–H groups in total. The number of piperidine rings is 1. The van der Waals surface area contributed by atoms with Gasteiger partial charge >= 0.3 is 0 Å². The van der Waals surface area contributed by atoms with E-state index in [1.165, 1.54) is 11.1 Å². The first kappa shape index (κ1) is 23.2. The van der Waals surface area contributed by atoms with Crippen molar-refractivity contribution >= 4 is 11.9 Å². The van der Waals surface area contributed by atoms with Gasteiger partial charge in [0.25, 0.3) is 0 Å². The smallest absolute Gasteiger partial charge is 0.220 e. The zero-order valence-electron chi connectivity index (χ0n) is 18.9. The number of nitrogens with zero attached hydrogens (tertiary/aromatic N) is 3. The second-order valence-corrected chi connectivity index (χ2v) is 8.26. The number of aliphatic imine (C=N–C) groups is 1. The largest absolute Gasteiger partial charge is 0.359 e. The van der Waals surface area contributed by atoms with Gasteiger partial charge in [-0.3, -0.25) is 9.69 Å². The zero-order chi connectivity index (χ0) is 21.2. The summed E-state index contributed by atoms with van der Waals surface area (Å²) < 4.78 is 0. The minimum Gasteiger partial charge on any atom is -0.359 e. The first-order valence-electron chi connectivity index (χ1n) is 10.9. The van der Waals surface area contributed by atoms with Gasteiger partial charge in [0, 0.05) is 45.7 Å². The van der Waals surface area contributed by atoms with E-state index in [2.05, 4.69) is 72.5 Å². The van der Waals surface area contributed by atoms with Gasteiger partial charge in [0.15, 0.2) is 5.96 Å². The van der Waals surface area contributed by atoms with Crippen molar-refractivity contribution in [1.29, 1.82) is 0 Å². The van der Waals surface area contributed by atoms with E-state index in [1.54, 1.807) is 7.05 Å². The van der Waals surface area contributed by atoms with Crippen LogP contribution in [-0.2, 0) is 17.9 Å². The minimum absolute atomic E-state index is 0.145. The van der Waals surface area contributed by atoms with Crippen LogP contribution in [0.1, 0.15) is 51.2 Å². The lowest BCUT2D eigenvalue weighted by molar-refractivity contribution is -0.121. The minimum atomic E-state index is 0.145. The highest BCUT2D eigenvalue weighted by Gasteiger charge is 2.23. The summed E-state index contributed by atoms with van der Waals surface area (Å²) >= 11 is 0. The Hall–Kier alpha value is -2.08. The van der Waals surface area contributed by atoms with Gasteiger partial charge < -0.3 is 15.5 Å². The summed E-state index contributed by atoms with van der Waals surface area (Å²) in [4.78, 5) is 21.3. The Morgan fingerprint density at radius 1 is 1.24 bits per heavy atom. The highest BCUT2D eigenvalue weighted by molar-refractivity contribution is 5.80. The molecule has 162 valence electrons. The Bertz CT molecular complexity index is 665. The molecule has 2 rings (SSSR count). The topological polar surface area (TPSA) is 60.0 Å². The van der Waals surface area contributed by atoms with Crippen LogP contribution in [0.3, 0.4) is 0 Å². The number of hydrogen-bond donors (Lipinski definition) is 2. The van der Waals surface area contributed by atoms with Gasteiger partial charge in [-0.25, -0.2) is 4.99 Å². The summed E-state index contributed by atoms with van der Waals surface area (Å²) in [6.07, 6.45) is 2.70. The molecule has 1 fully saturated rings. The van der Waals surface area contributed by atoms with E-state index in [0.717, 1.165) is 45.0 Å². The number of guanidine groups is 1. The Kier molecular flexibility index (Phi) is 9.45. The molecular weight excluding hydrogens is 362 g/mol. The first-order valence-corrected chi connectivity index (χ1v) is 10.9. The number of carbonyl (C=O) groups is 1. The fraction of sp³-hybridized carbons (Fsp3) is 0.652. The number of nitrogens with one attached hydrogen (secondary N) is 2. The van der Waals surface area contributed by atoms with Crippen LogP contribution in [0.5, 0.6) is 0 Å². The standard InChI is InChI=1S/C23H39N5O/c1-6-25-23(28-13-11-19(12-14-28)15-22(29)24-4)26-16-20-9-7-8-10-21(20)17-27(5)18(2)3/h7-10,18-19H,6,11-17H2,1-5H3,(H,24,29)(H,25,26). The lowest BCUT2D eigenvalue weighted by atomic mass is 9.93. The second kappa shape index (κ2) is 11.8. The molecule has 1 aliphatic rings. The van der Waals surface area contributed by atoms with Gasteiger partial charge in [0.1, 0.15) is 0 Å². The first-order chi connectivity index (χ1) is 13.9. The van der Waals surface area contributed by atoms with Crippen molar-refractivity contribution in [2.45, 2.75) is 59.2 Å². The third-order valence-corrected chi connectivity index (χ3v) is 5.82. The molecule has 0 unspecified atom stereocenters. The lowest BCUT2D eigenvalue weighted by Crippen LogP contribution is -2.46. The Morgan fingerprint density at radius 3 is 2.48 bits per heavy atom.